The molecule has 0 aliphatic heterocycles. The number of carbonyl (C=O) groups is 1. The lowest BCUT2D eigenvalue weighted by Gasteiger charge is -2.09. The third-order valence-corrected chi connectivity index (χ3v) is 4.59. The van der Waals surface area contributed by atoms with E-state index in [1.807, 2.05) is 24.3 Å². The van der Waals surface area contributed by atoms with Gasteiger partial charge >= 0.3 is 5.97 Å². The number of benzene rings is 3. The first-order valence-electron chi connectivity index (χ1n) is 9.26. The lowest BCUT2D eigenvalue weighted by atomic mass is 10.0. The van der Waals surface area contributed by atoms with Gasteiger partial charge in [0, 0.05) is 0 Å². The zero-order valence-corrected chi connectivity index (χ0v) is 15.9. The van der Waals surface area contributed by atoms with Crippen LogP contribution in [-0.2, 0) is 6.42 Å². The Morgan fingerprint density at radius 2 is 1.20 bits per heavy atom. The van der Waals surface area contributed by atoms with E-state index >= 15 is 0 Å². The molecule has 0 bridgehead atoms. The summed E-state index contributed by atoms with van der Waals surface area (Å²) in [6.07, 6.45) is 3.18. The van der Waals surface area contributed by atoms with Crippen LogP contribution in [0.15, 0.2) is 48.5 Å². The van der Waals surface area contributed by atoms with Crippen LogP contribution in [0.5, 0.6) is 5.75 Å². The number of aryl methyl sites for hydroxylation is 1. The summed E-state index contributed by atoms with van der Waals surface area (Å²) in [5.74, 6) is -14.0. The van der Waals surface area contributed by atoms with E-state index < -0.39 is 40.8 Å². The average Bonchev–Trinajstić information content (AvgIpc) is 2.78. The highest BCUT2D eigenvalue weighted by molar-refractivity contribution is 5.91. The maximum atomic E-state index is 13.7. The van der Waals surface area contributed by atoms with Crippen LogP contribution in [0.2, 0.25) is 0 Å². The zero-order valence-electron chi connectivity index (χ0n) is 15.9. The molecule has 3 aromatic carbocycles. The Kier molecular flexibility index (Phi) is 6.50. The SMILES string of the molecule is CCCCc1ccc(-c2ccc(C(=O)Oc3c(F)c(F)c(F)c(F)c3F)cc2)cc1. The minimum Gasteiger partial charge on any atom is -0.416 e. The molecule has 0 spiro atoms. The predicted octanol–water partition coefficient (Wildman–Crippen LogP) is 6.61. The Morgan fingerprint density at radius 1 is 0.733 bits per heavy atom. The summed E-state index contributed by atoms with van der Waals surface area (Å²) < 4.78 is 71.4. The quantitative estimate of drug-likeness (QED) is 0.147. The van der Waals surface area contributed by atoms with Crippen molar-refractivity contribution in [3.05, 3.63) is 88.7 Å². The lowest BCUT2D eigenvalue weighted by Crippen LogP contribution is -2.13. The molecular weight excluding hydrogens is 403 g/mol. The molecule has 7 heteroatoms. The maximum Gasteiger partial charge on any atom is 0.343 e. The van der Waals surface area contributed by atoms with E-state index in [0.29, 0.717) is 0 Å². The monoisotopic (exact) mass is 420 g/mol. The van der Waals surface area contributed by atoms with Gasteiger partial charge < -0.3 is 4.74 Å². The van der Waals surface area contributed by atoms with Crippen LogP contribution in [-0.4, -0.2) is 5.97 Å². The first kappa shape index (κ1) is 21.5. The molecule has 0 aliphatic rings. The number of hydrogen-bond acceptors (Lipinski definition) is 2. The second-order valence-corrected chi connectivity index (χ2v) is 6.67. The van der Waals surface area contributed by atoms with Gasteiger partial charge in [-0.25, -0.2) is 18.0 Å². The summed E-state index contributed by atoms with van der Waals surface area (Å²) in [7, 11) is 0. The number of carbonyl (C=O) groups excluding carboxylic acids is 1. The van der Waals surface area contributed by atoms with E-state index in [9.17, 15) is 26.7 Å². The highest BCUT2D eigenvalue weighted by atomic mass is 19.2. The van der Waals surface area contributed by atoms with Crippen molar-refractivity contribution in [1.29, 1.82) is 0 Å². The molecule has 0 unspecified atom stereocenters. The Labute approximate surface area is 169 Å². The van der Waals surface area contributed by atoms with E-state index in [-0.39, 0.29) is 5.56 Å². The zero-order chi connectivity index (χ0) is 21.8. The van der Waals surface area contributed by atoms with Crippen molar-refractivity contribution in [2.45, 2.75) is 26.2 Å². The van der Waals surface area contributed by atoms with Crippen molar-refractivity contribution in [3.63, 3.8) is 0 Å². The molecule has 0 aliphatic carbocycles. The van der Waals surface area contributed by atoms with Crippen molar-refractivity contribution >= 4 is 5.97 Å². The number of halogens is 5. The number of esters is 1. The molecular formula is C23H17F5O2. The molecule has 3 rings (SSSR count). The first-order valence-corrected chi connectivity index (χ1v) is 9.26. The highest BCUT2D eigenvalue weighted by Crippen LogP contribution is 2.30. The van der Waals surface area contributed by atoms with Gasteiger partial charge in [-0.2, -0.15) is 8.78 Å². The molecule has 0 atom stereocenters. The summed E-state index contributed by atoms with van der Waals surface area (Å²) in [6, 6.07) is 13.8. The van der Waals surface area contributed by atoms with E-state index in [1.54, 1.807) is 12.1 Å². The van der Waals surface area contributed by atoms with Gasteiger partial charge in [-0.1, -0.05) is 49.7 Å². The molecule has 2 nitrogen and oxygen atoms in total. The highest BCUT2D eigenvalue weighted by Gasteiger charge is 2.28. The molecule has 0 saturated carbocycles. The normalized spacial score (nSPS) is 10.9. The van der Waals surface area contributed by atoms with Crippen LogP contribution in [0.4, 0.5) is 22.0 Å². The van der Waals surface area contributed by atoms with Crippen molar-refractivity contribution in [2.75, 3.05) is 0 Å². The Hall–Kier alpha value is -3.22. The van der Waals surface area contributed by atoms with Crippen molar-refractivity contribution in [3.8, 4) is 16.9 Å². The fourth-order valence-corrected chi connectivity index (χ4v) is 2.87. The number of hydrogen-bond donors (Lipinski definition) is 0. The second-order valence-electron chi connectivity index (χ2n) is 6.67. The van der Waals surface area contributed by atoms with E-state index in [2.05, 4.69) is 11.7 Å². The van der Waals surface area contributed by atoms with Gasteiger partial charge in [-0.3, -0.25) is 0 Å². The molecule has 0 N–H and O–H groups in total. The van der Waals surface area contributed by atoms with Crippen molar-refractivity contribution in [2.24, 2.45) is 0 Å². The fourth-order valence-electron chi connectivity index (χ4n) is 2.87. The first-order chi connectivity index (χ1) is 14.3. The molecule has 156 valence electrons. The third-order valence-electron chi connectivity index (χ3n) is 4.59. The molecule has 0 fully saturated rings. The van der Waals surface area contributed by atoms with Crippen molar-refractivity contribution in [1.82, 2.24) is 0 Å². The van der Waals surface area contributed by atoms with E-state index in [0.717, 1.165) is 30.4 Å². The molecule has 0 heterocycles. The number of ether oxygens (including phenoxy) is 1. The van der Waals surface area contributed by atoms with Gasteiger partial charge in [-0.05, 0) is 41.7 Å². The molecule has 0 radical (unpaired) electrons. The fraction of sp³-hybridized carbons (Fsp3) is 0.174. The molecule has 30 heavy (non-hydrogen) atoms. The van der Waals surface area contributed by atoms with Gasteiger partial charge in [0.05, 0.1) is 5.56 Å². The minimum atomic E-state index is -2.32. The second kappa shape index (κ2) is 9.07. The summed E-state index contributed by atoms with van der Waals surface area (Å²) >= 11 is 0. The average molecular weight is 420 g/mol. The van der Waals surface area contributed by atoms with Crippen LogP contribution in [0, 0.1) is 29.1 Å². The molecule has 0 aromatic heterocycles. The number of rotatable bonds is 6. The largest absolute Gasteiger partial charge is 0.416 e. The molecule has 0 saturated heterocycles. The summed E-state index contributed by atoms with van der Waals surface area (Å²) in [6.45, 7) is 2.12. The minimum absolute atomic E-state index is 0.109. The van der Waals surface area contributed by atoms with E-state index in [1.165, 1.54) is 17.7 Å². The van der Waals surface area contributed by atoms with Crippen LogP contribution in [0.25, 0.3) is 11.1 Å². The van der Waals surface area contributed by atoms with Gasteiger partial charge in [0.2, 0.25) is 34.8 Å². The van der Waals surface area contributed by atoms with E-state index in [4.69, 9.17) is 0 Å². The Bertz CT molecular complexity index is 1030. The van der Waals surface area contributed by atoms with Gasteiger partial charge in [0.1, 0.15) is 0 Å². The van der Waals surface area contributed by atoms with Crippen LogP contribution in [0.1, 0.15) is 35.7 Å². The van der Waals surface area contributed by atoms with Gasteiger partial charge in [0.25, 0.3) is 0 Å². The summed E-state index contributed by atoms with van der Waals surface area (Å²) in [4.78, 5) is 12.1. The smallest absolute Gasteiger partial charge is 0.343 e. The Balaban J connectivity index is 1.78. The maximum absolute atomic E-state index is 13.7. The Morgan fingerprint density at radius 3 is 1.70 bits per heavy atom. The lowest BCUT2D eigenvalue weighted by molar-refractivity contribution is 0.0716. The summed E-state index contributed by atoms with van der Waals surface area (Å²) in [5, 5.41) is 0. The summed E-state index contributed by atoms with van der Waals surface area (Å²) in [5.41, 5.74) is 2.78. The molecule has 0 amide bonds. The third kappa shape index (κ3) is 4.35. The number of unbranched alkanes of at least 4 members (excludes halogenated alkanes) is 1. The van der Waals surface area contributed by atoms with Gasteiger partial charge in [0.15, 0.2) is 0 Å². The van der Waals surface area contributed by atoms with Crippen LogP contribution < -0.4 is 4.74 Å². The predicted molar refractivity (Wildman–Crippen MR) is 102 cm³/mol. The topological polar surface area (TPSA) is 26.3 Å². The van der Waals surface area contributed by atoms with Crippen LogP contribution >= 0.6 is 0 Å². The standard InChI is InChI=1S/C23H17F5O2/c1-2-3-4-13-5-7-14(8-6-13)15-9-11-16(12-10-15)23(29)30-22-20(27)18(25)17(24)19(26)21(22)28/h5-12H,2-4H2,1H3. The van der Waals surface area contributed by atoms with Crippen molar-refractivity contribution < 1.29 is 31.5 Å². The van der Waals surface area contributed by atoms with Crippen LogP contribution in [0.3, 0.4) is 0 Å². The van der Waals surface area contributed by atoms with Gasteiger partial charge in [-0.15, -0.1) is 0 Å². The molecule has 3 aromatic rings.